The first-order chi connectivity index (χ1) is 12.4. The molecule has 2 amide bonds. The smallest absolute Gasteiger partial charge is 0.234 e. The number of benzene rings is 2. The number of thioether (sulfide) groups is 1. The number of methoxy groups -OCH3 is 1. The summed E-state index contributed by atoms with van der Waals surface area (Å²) in [4.78, 5) is 23.5. The van der Waals surface area contributed by atoms with Crippen LogP contribution in [0, 0.1) is 13.8 Å². The Hall–Kier alpha value is -2.47. The molecule has 0 heterocycles. The number of amides is 2. The minimum absolute atomic E-state index is 0.112. The highest BCUT2D eigenvalue weighted by atomic mass is 32.2. The molecule has 2 aromatic rings. The number of anilines is 2. The fourth-order valence-corrected chi connectivity index (χ4v) is 3.37. The average molecular weight is 372 g/mol. The van der Waals surface area contributed by atoms with E-state index in [0.29, 0.717) is 22.9 Å². The van der Waals surface area contributed by atoms with Gasteiger partial charge in [0.1, 0.15) is 5.75 Å². The predicted octanol–water partition coefficient (Wildman–Crippen LogP) is 4.14. The first-order valence-corrected chi connectivity index (χ1v) is 9.44. The lowest BCUT2D eigenvalue weighted by Gasteiger charge is -2.12. The highest BCUT2D eigenvalue weighted by Gasteiger charge is 2.10. The van der Waals surface area contributed by atoms with Gasteiger partial charge in [-0.05, 0) is 43.2 Å². The molecule has 0 atom stereocenters. The zero-order valence-corrected chi connectivity index (χ0v) is 16.3. The Labute approximate surface area is 158 Å². The molecule has 0 fully saturated rings. The Morgan fingerprint density at radius 1 is 1.08 bits per heavy atom. The van der Waals surface area contributed by atoms with E-state index in [1.54, 1.807) is 37.1 Å². The van der Waals surface area contributed by atoms with E-state index in [1.807, 2.05) is 0 Å². The molecule has 0 unspecified atom stereocenters. The fourth-order valence-electron chi connectivity index (χ4n) is 2.48. The van der Waals surface area contributed by atoms with Crippen LogP contribution in [0.1, 0.15) is 23.6 Å². The molecule has 0 aliphatic carbocycles. The monoisotopic (exact) mass is 372 g/mol. The molecule has 0 radical (unpaired) electrons. The Morgan fingerprint density at radius 2 is 1.85 bits per heavy atom. The Kier molecular flexibility index (Phi) is 7.09. The maximum absolute atomic E-state index is 12.3. The van der Waals surface area contributed by atoms with Crippen LogP contribution in [0.2, 0.25) is 0 Å². The second-order valence-electron chi connectivity index (χ2n) is 6.07. The number of nitrogens with one attached hydrogen (secondary N) is 2. The molecule has 26 heavy (non-hydrogen) atoms. The Bertz CT molecular complexity index is 806. The molecule has 0 saturated carbocycles. The van der Waals surface area contributed by atoms with Crippen LogP contribution in [-0.2, 0) is 15.3 Å². The van der Waals surface area contributed by atoms with Gasteiger partial charge in [0.15, 0.2) is 0 Å². The van der Waals surface area contributed by atoms with Crippen molar-refractivity contribution in [3.8, 4) is 5.75 Å². The average Bonchev–Trinajstić information content (AvgIpc) is 2.57. The Morgan fingerprint density at radius 3 is 2.54 bits per heavy atom. The number of rotatable bonds is 7. The van der Waals surface area contributed by atoms with E-state index in [9.17, 15) is 9.59 Å². The van der Waals surface area contributed by atoms with E-state index < -0.39 is 0 Å². The van der Waals surface area contributed by atoms with Gasteiger partial charge in [0, 0.05) is 18.4 Å². The number of carbonyl (C=O) groups is 2. The van der Waals surface area contributed by atoms with Crippen LogP contribution < -0.4 is 15.4 Å². The minimum atomic E-state index is -0.170. The maximum Gasteiger partial charge on any atom is 0.234 e. The molecule has 0 saturated heterocycles. The lowest BCUT2D eigenvalue weighted by molar-refractivity contribution is -0.114. The largest absolute Gasteiger partial charge is 0.495 e. The number of aryl methyl sites for hydroxylation is 2. The molecule has 2 aromatic carbocycles. The summed E-state index contributed by atoms with van der Waals surface area (Å²) in [6, 6.07) is 11.5. The van der Waals surface area contributed by atoms with Gasteiger partial charge in [0.25, 0.3) is 0 Å². The maximum atomic E-state index is 12.3. The van der Waals surface area contributed by atoms with Crippen LogP contribution in [0.15, 0.2) is 36.4 Å². The summed E-state index contributed by atoms with van der Waals surface area (Å²) in [5.74, 6) is 1.38. The summed E-state index contributed by atoms with van der Waals surface area (Å²) in [5, 5.41) is 5.55. The normalized spacial score (nSPS) is 10.3. The quantitative estimate of drug-likeness (QED) is 0.766. The molecule has 0 aromatic heterocycles. The minimum Gasteiger partial charge on any atom is -0.495 e. The zero-order valence-electron chi connectivity index (χ0n) is 15.5. The van der Waals surface area contributed by atoms with Gasteiger partial charge in [-0.3, -0.25) is 9.59 Å². The van der Waals surface area contributed by atoms with Crippen molar-refractivity contribution >= 4 is 35.0 Å². The molecule has 2 N–H and O–H groups in total. The van der Waals surface area contributed by atoms with Crippen molar-refractivity contribution in [2.24, 2.45) is 0 Å². The molecule has 0 aliphatic heterocycles. The van der Waals surface area contributed by atoms with Gasteiger partial charge in [-0.25, -0.2) is 0 Å². The first kappa shape index (κ1) is 19.8. The molecule has 2 rings (SSSR count). The standard InChI is InChI=1S/C20H24N2O3S/c1-13-5-6-14(2)16(9-13)11-26-12-20(24)22-18-10-17(21-15(3)23)7-8-19(18)25-4/h5-10H,11-12H2,1-4H3,(H,21,23)(H,22,24). The summed E-state index contributed by atoms with van der Waals surface area (Å²) in [5.41, 5.74) is 4.84. The second-order valence-corrected chi connectivity index (χ2v) is 7.05. The van der Waals surface area contributed by atoms with Crippen molar-refractivity contribution in [3.63, 3.8) is 0 Å². The van der Waals surface area contributed by atoms with Gasteiger partial charge >= 0.3 is 0 Å². The van der Waals surface area contributed by atoms with Crippen molar-refractivity contribution < 1.29 is 14.3 Å². The third-order valence-corrected chi connectivity index (χ3v) is 4.77. The van der Waals surface area contributed by atoms with Gasteiger partial charge in [-0.15, -0.1) is 11.8 Å². The van der Waals surface area contributed by atoms with E-state index in [1.165, 1.54) is 23.6 Å². The molecule has 6 heteroatoms. The third kappa shape index (κ3) is 5.81. The number of ether oxygens (including phenoxy) is 1. The first-order valence-electron chi connectivity index (χ1n) is 8.28. The van der Waals surface area contributed by atoms with Gasteiger partial charge in [0.05, 0.1) is 18.6 Å². The fraction of sp³-hybridized carbons (Fsp3) is 0.300. The summed E-state index contributed by atoms with van der Waals surface area (Å²) >= 11 is 1.56. The summed E-state index contributed by atoms with van der Waals surface area (Å²) in [6.45, 7) is 5.58. The summed E-state index contributed by atoms with van der Waals surface area (Å²) in [6.07, 6.45) is 0. The van der Waals surface area contributed by atoms with Gasteiger partial charge in [-0.2, -0.15) is 0 Å². The second kappa shape index (κ2) is 9.29. The zero-order chi connectivity index (χ0) is 19.1. The van der Waals surface area contributed by atoms with Crippen molar-refractivity contribution in [1.29, 1.82) is 0 Å². The van der Waals surface area contributed by atoms with Crippen LogP contribution in [0.4, 0.5) is 11.4 Å². The van der Waals surface area contributed by atoms with E-state index in [2.05, 4.69) is 42.7 Å². The Balaban J connectivity index is 1.96. The molecule has 5 nitrogen and oxygen atoms in total. The van der Waals surface area contributed by atoms with E-state index >= 15 is 0 Å². The summed E-state index contributed by atoms with van der Waals surface area (Å²) < 4.78 is 5.27. The van der Waals surface area contributed by atoms with Crippen LogP contribution in [0.25, 0.3) is 0 Å². The van der Waals surface area contributed by atoms with Crippen molar-refractivity contribution in [2.75, 3.05) is 23.5 Å². The number of hydrogen-bond acceptors (Lipinski definition) is 4. The van der Waals surface area contributed by atoms with Crippen LogP contribution >= 0.6 is 11.8 Å². The van der Waals surface area contributed by atoms with Crippen molar-refractivity contribution in [3.05, 3.63) is 53.1 Å². The van der Waals surface area contributed by atoms with Crippen molar-refractivity contribution in [2.45, 2.75) is 26.5 Å². The van der Waals surface area contributed by atoms with E-state index in [-0.39, 0.29) is 11.8 Å². The lowest BCUT2D eigenvalue weighted by Crippen LogP contribution is -2.15. The van der Waals surface area contributed by atoms with Crippen LogP contribution in [-0.4, -0.2) is 24.7 Å². The van der Waals surface area contributed by atoms with Gasteiger partial charge < -0.3 is 15.4 Å². The predicted molar refractivity (Wildman–Crippen MR) is 108 cm³/mol. The molecular formula is C20H24N2O3S. The topological polar surface area (TPSA) is 67.4 Å². The molecule has 0 bridgehead atoms. The van der Waals surface area contributed by atoms with E-state index in [0.717, 1.165) is 5.75 Å². The number of carbonyl (C=O) groups excluding carboxylic acids is 2. The molecule has 138 valence electrons. The molecular weight excluding hydrogens is 348 g/mol. The summed E-state index contributed by atoms with van der Waals surface area (Å²) in [7, 11) is 1.54. The molecule has 0 aliphatic rings. The van der Waals surface area contributed by atoms with Gasteiger partial charge in [0.2, 0.25) is 11.8 Å². The van der Waals surface area contributed by atoms with Crippen LogP contribution in [0.5, 0.6) is 5.75 Å². The van der Waals surface area contributed by atoms with E-state index in [4.69, 9.17) is 4.74 Å². The number of hydrogen-bond donors (Lipinski definition) is 2. The van der Waals surface area contributed by atoms with Crippen LogP contribution in [0.3, 0.4) is 0 Å². The SMILES string of the molecule is COc1ccc(NC(C)=O)cc1NC(=O)CSCc1cc(C)ccc1C. The molecule has 0 spiro atoms. The third-order valence-electron chi connectivity index (χ3n) is 3.79. The van der Waals surface area contributed by atoms with Crippen molar-refractivity contribution in [1.82, 2.24) is 0 Å². The highest BCUT2D eigenvalue weighted by Crippen LogP contribution is 2.28. The lowest BCUT2D eigenvalue weighted by atomic mass is 10.1. The highest BCUT2D eigenvalue weighted by molar-refractivity contribution is 7.99. The van der Waals surface area contributed by atoms with Gasteiger partial charge in [-0.1, -0.05) is 23.8 Å².